The molecular weight excluding hydrogens is 326 g/mol. The highest BCUT2D eigenvalue weighted by molar-refractivity contribution is 6.26. The number of hydrogen-bond acceptors (Lipinski definition) is 4. The molecule has 1 heterocycles. The molecule has 0 saturated carbocycles. The first-order valence-corrected chi connectivity index (χ1v) is 8.29. The SMILES string of the molecule is COc1ccc2nc(-c3cccc4c3-c3ccccc3/C4=N\O)[nH]c2c1. The Bertz CT molecular complexity index is 1190. The fourth-order valence-electron chi connectivity index (χ4n) is 3.64. The minimum Gasteiger partial charge on any atom is -0.497 e. The van der Waals surface area contributed by atoms with E-state index in [1.54, 1.807) is 7.11 Å². The number of benzene rings is 3. The summed E-state index contributed by atoms with van der Waals surface area (Å²) in [6.45, 7) is 0. The van der Waals surface area contributed by atoms with Crippen LogP contribution in [0.25, 0.3) is 33.5 Å². The zero-order chi connectivity index (χ0) is 17.7. The molecule has 5 rings (SSSR count). The van der Waals surface area contributed by atoms with Gasteiger partial charge in [0.15, 0.2) is 0 Å². The molecule has 0 amide bonds. The Labute approximate surface area is 149 Å². The second-order valence-electron chi connectivity index (χ2n) is 6.19. The molecule has 0 spiro atoms. The average Bonchev–Trinajstić information content (AvgIpc) is 3.25. The number of nitrogens with zero attached hydrogens (tertiary/aromatic N) is 2. The number of aromatic nitrogens is 2. The second kappa shape index (κ2) is 5.46. The van der Waals surface area contributed by atoms with Gasteiger partial charge >= 0.3 is 0 Å². The van der Waals surface area contributed by atoms with Gasteiger partial charge in [0.05, 0.1) is 18.1 Å². The van der Waals surface area contributed by atoms with Crippen molar-refractivity contribution in [3.63, 3.8) is 0 Å². The summed E-state index contributed by atoms with van der Waals surface area (Å²) < 4.78 is 5.30. The number of nitrogens with one attached hydrogen (secondary N) is 1. The molecule has 5 heteroatoms. The van der Waals surface area contributed by atoms with Crippen molar-refractivity contribution in [2.45, 2.75) is 0 Å². The van der Waals surface area contributed by atoms with E-state index in [-0.39, 0.29) is 0 Å². The summed E-state index contributed by atoms with van der Waals surface area (Å²) in [6.07, 6.45) is 0. The van der Waals surface area contributed by atoms with E-state index in [1.165, 1.54) is 0 Å². The van der Waals surface area contributed by atoms with Crippen LogP contribution in [0.5, 0.6) is 5.75 Å². The molecule has 1 aliphatic carbocycles. The number of rotatable bonds is 2. The largest absolute Gasteiger partial charge is 0.497 e. The molecule has 5 nitrogen and oxygen atoms in total. The van der Waals surface area contributed by atoms with Crippen LogP contribution in [-0.2, 0) is 0 Å². The molecule has 126 valence electrons. The molecule has 0 atom stereocenters. The van der Waals surface area contributed by atoms with Crippen molar-refractivity contribution in [1.29, 1.82) is 0 Å². The van der Waals surface area contributed by atoms with Gasteiger partial charge in [0, 0.05) is 28.3 Å². The molecule has 0 aliphatic heterocycles. The van der Waals surface area contributed by atoms with Gasteiger partial charge in [0.25, 0.3) is 0 Å². The number of oxime groups is 1. The quantitative estimate of drug-likeness (QED) is 0.368. The maximum absolute atomic E-state index is 9.54. The number of hydrogen-bond donors (Lipinski definition) is 2. The summed E-state index contributed by atoms with van der Waals surface area (Å²) in [5.41, 5.74) is 7.27. The van der Waals surface area contributed by atoms with E-state index in [9.17, 15) is 5.21 Å². The summed E-state index contributed by atoms with van der Waals surface area (Å²) in [6, 6.07) is 19.7. The van der Waals surface area contributed by atoms with E-state index in [2.05, 4.69) is 10.1 Å². The first kappa shape index (κ1) is 14.7. The van der Waals surface area contributed by atoms with Crippen molar-refractivity contribution in [3.8, 4) is 28.3 Å². The molecule has 2 N–H and O–H groups in total. The summed E-state index contributed by atoms with van der Waals surface area (Å²) in [4.78, 5) is 8.13. The highest BCUT2D eigenvalue weighted by Crippen LogP contribution is 2.42. The van der Waals surface area contributed by atoms with Crippen LogP contribution in [0.2, 0.25) is 0 Å². The van der Waals surface area contributed by atoms with Crippen molar-refractivity contribution < 1.29 is 9.94 Å². The highest BCUT2D eigenvalue weighted by atomic mass is 16.5. The maximum Gasteiger partial charge on any atom is 0.139 e. The molecule has 0 fully saturated rings. The van der Waals surface area contributed by atoms with E-state index in [0.29, 0.717) is 5.71 Å². The number of fused-ring (bicyclic) bond motifs is 4. The summed E-state index contributed by atoms with van der Waals surface area (Å²) in [7, 11) is 1.65. The van der Waals surface area contributed by atoms with Gasteiger partial charge in [-0.05, 0) is 17.7 Å². The van der Waals surface area contributed by atoms with Crippen LogP contribution in [0.3, 0.4) is 0 Å². The topological polar surface area (TPSA) is 70.5 Å². The molecule has 1 aliphatic rings. The zero-order valence-corrected chi connectivity index (χ0v) is 14.0. The van der Waals surface area contributed by atoms with Gasteiger partial charge in [-0.15, -0.1) is 0 Å². The lowest BCUT2D eigenvalue weighted by molar-refractivity contribution is 0.320. The monoisotopic (exact) mass is 341 g/mol. The van der Waals surface area contributed by atoms with Crippen LogP contribution in [0.4, 0.5) is 0 Å². The maximum atomic E-state index is 9.54. The van der Waals surface area contributed by atoms with E-state index < -0.39 is 0 Å². The third-order valence-electron chi connectivity index (χ3n) is 4.82. The van der Waals surface area contributed by atoms with E-state index in [0.717, 1.165) is 50.4 Å². The molecule has 0 bridgehead atoms. The minimum absolute atomic E-state index is 0.593. The third-order valence-corrected chi connectivity index (χ3v) is 4.82. The third kappa shape index (κ3) is 1.97. The van der Waals surface area contributed by atoms with Crippen molar-refractivity contribution in [1.82, 2.24) is 9.97 Å². The molecule has 26 heavy (non-hydrogen) atoms. The van der Waals surface area contributed by atoms with E-state index in [1.807, 2.05) is 60.7 Å². The molecule has 0 saturated heterocycles. The number of imidazole rings is 1. The molecule has 1 aromatic heterocycles. The Hall–Kier alpha value is -3.60. The molecular formula is C21H15N3O2. The van der Waals surface area contributed by atoms with Crippen LogP contribution in [0.15, 0.2) is 65.8 Å². The zero-order valence-electron chi connectivity index (χ0n) is 14.0. The number of H-pyrrole nitrogens is 1. The van der Waals surface area contributed by atoms with Gasteiger partial charge in [-0.2, -0.15) is 0 Å². The highest BCUT2D eigenvalue weighted by Gasteiger charge is 2.28. The predicted molar refractivity (Wildman–Crippen MR) is 101 cm³/mol. The Morgan fingerprint density at radius 3 is 2.50 bits per heavy atom. The van der Waals surface area contributed by atoms with Crippen molar-refractivity contribution >= 4 is 16.7 Å². The van der Waals surface area contributed by atoms with Gasteiger partial charge in [-0.3, -0.25) is 0 Å². The van der Waals surface area contributed by atoms with Crippen molar-refractivity contribution in [2.24, 2.45) is 5.16 Å². The first-order valence-electron chi connectivity index (χ1n) is 8.29. The summed E-state index contributed by atoms with van der Waals surface area (Å²) in [5, 5.41) is 13.1. The van der Waals surface area contributed by atoms with Gasteiger partial charge in [-0.1, -0.05) is 47.6 Å². The molecule has 4 aromatic rings. The van der Waals surface area contributed by atoms with Gasteiger partial charge < -0.3 is 14.9 Å². The normalized spacial score (nSPS) is 13.8. The molecule has 0 radical (unpaired) electrons. The summed E-state index contributed by atoms with van der Waals surface area (Å²) in [5.74, 6) is 1.56. The van der Waals surface area contributed by atoms with Crippen LogP contribution < -0.4 is 4.74 Å². The van der Waals surface area contributed by atoms with Gasteiger partial charge in [0.2, 0.25) is 0 Å². The fraction of sp³-hybridized carbons (Fsp3) is 0.0476. The Morgan fingerprint density at radius 2 is 1.69 bits per heavy atom. The number of aromatic amines is 1. The van der Waals surface area contributed by atoms with E-state index >= 15 is 0 Å². The molecule has 0 unspecified atom stereocenters. The second-order valence-corrected chi connectivity index (χ2v) is 6.19. The summed E-state index contributed by atoms with van der Waals surface area (Å²) >= 11 is 0. The lowest BCUT2D eigenvalue weighted by Crippen LogP contribution is -1.97. The molecule has 3 aromatic carbocycles. The average molecular weight is 341 g/mol. The van der Waals surface area contributed by atoms with Crippen molar-refractivity contribution in [3.05, 3.63) is 71.8 Å². The predicted octanol–water partition coefficient (Wildman–Crippen LogP) is 4.45. The van der Waals surface area contributed by atoms with Crippen LogP contribution in [-0.4, -0.2) is 28.0 Å². The number of methoxy groups -OCH3 is 1. The van der Waals surface area contributed by atoms with E-state index in [4.69, 9.17) is 9.72 Å². The van der Waals surface area contributed by atoms with Crippen molar-refractivity contribution in [2.75, 3.05) is 7.11 Å². The van der Waals surface area contributed by atoms with Crippen LogP contribution >= 0.6 is 0 Å². The van der Waals surface area contributed by atoms with Gasteiger partial charge in [-0.25, -0.2) is 4.98 Å². The Balaban J connectivity index is 1.78. The van der Waals surface area contributed by atoms with Gasteiger partial charge in [0.1, 0.15) is 17.3 Å². The fourth-order valence-corrected chi connectivity index (χ4v) is 3.64. The Kier molecular flexibility index (Phi) is 3.09. The smallest absolute Gasteiger partial charge is 0.139 e. The van der Waals surface area contributed by atoms with Crippen LogP contribution in [0.1, 0.15) is 11.1 Å². The number of ether oxygens (including phenoxy) is 1. The standard InChI is InChI=1S/C21H15N3O2/c1-26-12-9-10-17-18(11-12)23-21(22-17)16-8-4-7-15-19(16)13-5-2-3-6-14(13)20(15)24-25/h2-11,25H,1H3,(H,22,23)/b24-20+. The lowest BCUT2D eigenvalue weighted by atomic mass is 9.99. The van der Waals surface area contributed by atoms with Crippen LogP contribution in [0, 0.1) is 0 Å². The first-order chi connectivity index (χ1) is 12.8. The Morgan fingerprint density at radius 1 is 0.923 bits per heavy atom. The lowest BCUT2D eigenvalue weighted by Gasteiger charge is -2.06. The minimum atomic E-state index is 0.593.